The third-order valence-corrected chi connectivity index (χ3v) is 3.64. The number of aromatic nitrogens is 1. The molecule has 2 aromatic carbocycles. The summed E-state index contributed by atoms with van der Waals surface area (Å²) in [5.74, 6) is 0.903. The smallest absolute Gasteiger partial charge is 0.120 e. The van der Waals surface area contributed by atoms with E-state index in [1.54, 1.807) is 0 Å². The summed E-state index contributed by atoms with van der Waals surface area (Å²) in [5.41, 5.74) is 9.23. The fraction of sp³-hybridized carbons (Fsp3) is 0.222. The third-order valence-electron chi connectivity index (χ3n) is 3.64. The Kier molecular flexibility index (Phi) is 4.22. The minimum atomic E-state index is 0.592. The number of hydrogen-bond acceptors (Lipinski definition) is 2. The molecule has 3 N–H and O–H groups in total. The first kappa shape index (κ1) is 13.7. The number of aryl methyl sites for hydroxylation is 1. The highest BCUT2D eigenvalue weighted by atomic mass is 16.5. The highest BCUT2D eigenvalue weighted by Crippen LogP contribution is 2.25. The summed E-state index contributed by atoms with van der Waals surface area (Å²) < 4.78 is 5.89. The number of hydrogen-bond donors (Lipinski definition) is 2. The van der Waals surface area contributed by atoms with Crippen LogP contribution < -0.4 is 10.5 Å². The Labute approximate surface area is 124 Å². The molecule has 1 heterocycles. The molecule has 0 saturated heterocycles. The summed E-state index contributed by atoms with van der Waals surface area (Å²) in [6.45, 7) is 1.31. The van der Waals surface area contributed by atoms with Crippen LogP contribution in [-0.4, -0.2) is 11.5 Å². The van der Waals surface area contributed by atoms with Gasteiger partial charge in [0.05, 0.1) is 0 Å². The standard InChI is InChI=1S/C18H20N2O/c19-10-4-7-15-12-20-18-9-8-16(11-17(15)18)21-13-14-5-2-1-3-6-14/h1-3,5-6,8-9,11-12,20H,4,7,10,13,19H2. The fourth-order valence-electron chi connectivity index (χ4n) is 2.49. The average Bonchev–Trinajstić information content (AvgIpc) is 2.94. The van der Waals surface area contributed by atoms with Crippen molar-refractivity contribution in [1.82, 2.24) is 4.98 Å². The van der Waals surface area contributed by atoms with Gasteiger partial charge in [0, 0.05) is 17.1 Å². The predicted octanol–water partition coefficient (Wildman–Crippen LogP) is 3.64. The number of nitrogens with one attached hydrogen (secondary N) is 1. The van der Waals surface area contributed by atoms with E-state index in [0.717, 1.165) is 30.7 Å². The van der Waals surface area contributed by atoms with Crippen LogP contribution in [-0.2, 0) is 13.0 Å². The Balaban J connectivity index is 1.76. The molecule has 0 spiro atoms. The first-order chi connectivity index (χ1) is 10.4. The molecule has 0 saturated carbocycles. The molecule has 0 atom stereocenters. The zero-order valence-corrected chi connectivity index (χ0v) is 12.0. The molecule has 3 nitrogen and oxygen atoms in total. The van der Waals surface area contributed by atoms with Gasteiger partial charge in [0.25, 0.3) is 0 Å². The van der Waals surface area contributed by atoms with Gasteiger partial charge in [0.2, 0.25) is 0 Å². The van der Waals surface area contributed by atoms with Crippen LogP contribution in [0.3, 0.4) is 0 Å². The highest BCUT2D eigenvalue weighted by molar-refractivity contribution is 5.84. The molecule has 3 rings (SSSR count). The van der Waals surface area contributed by atoms with Gasteiger partial charge in [0.15, 0.2) is 0 Å². The summed E-state index contributed by atoms with van der Waals surface area (Å²) in [4.78, 5) is 3.30. The second kappa shape index (κ2) is 6.46. The van der Waals surface area contributed by atoms with Crippen molar-refractivity contribution in [3.8, 4) is 5.75 Å². The number of aromatic amines is 1. The Morgan fingerprint density at radius 2 is 1.90 bits per heavy atom. The molecule has 0 aliphatic heterocycles. The van der Waals surface area contributed by atoms with E-state index in [4.69, 9.17) is 10.5 Å². The van der Waals surface area contributed by atoms with Crippen molar-refractivity contribution in [2.24, 2.45) is 5.73 Å². The van der Waals surface area contributed by atoms with Gasteiger partial charge in [-0.05, 0) is 48.7 Å². The molecule has 1 aromatic heterocycles. The molecule has 0 fully saturated rings. The number of nitrogens with two attached hydrogens (primary N) is 1. The van der Waals surface area contributed by atoms with E-state index in [2.05, 4.69) is 35.4 Å². The largest absolute Gasteiger partial charge is 0.489 e. The van der Waals surface area contributed by atoms with E-state index < -0.39 is 0 Å². The van der Waals surface area contributed by atoms with Crippen molar-refractivity contribution in [3.63, 3.8) is 0 Å². The molecule has 0 bridgehead atoms. The van der Waals surface area contributed by atoms with E-state index in [1.165, 1.54) is 16.5 Å². The lowest BCUT2D eigenvalue weighted by atomic mass is 10.1. The molecule has 0 unspecified atom stereocenters. The molecule has 21 heavy (non-hydrogen) atoms. The second-order valence-electron chi connectivity index (χ2n) is 5.19. The Morgan fingerprint density at radius 3 is 2.71 bits per heavy atom. The van der Waals surface area contributed by atoms with Crippen molar-refractivity contribution in [3.05, 3.63) is 65.9 Å². The monoisotopic (exact) mass is 280 g/mol. The lowest BCUT2D eigenvalue weighted by molar-refractivity contribution is 0.306. The van der Waals surface area contributed by atoms with Gasteiger partial charge in [0.1, 0.15) is 12.4 Å². The summed E-state index contributed by atoms with van der Waals surface area (Å²) in [5, 5.41) is 1.23. The second-order valence-corrected chi connectivity index (χ2v) is 5.19. The quantitative estimate of drug-likeness (QED) is 0.724. The number of ether oxygens (including phenoxy) is 1. The van der Waals surface area contributed by atoms with Crippen LogP contribution in [0.25, 0.3) is 10.9 Å². The van der Waals surface area contributed by atoms with E-state index >= 15 is 0 Å². The number of H-pyrrole nitrogens is 1. The molecule has 0 aliphatic rings. The van der Waals surface area contributed by atoms with Crippen molar-refractivity contribution in [1.29, 1.82) is 0 Å². The molecule has 3 heteroatoms. The maximum absolute atomic E-state index is 5.89. The zero-order chi connectivity index (χ0) is 14.5. The van der Waals surface area contributed by atoms with E-state index in [9.17, 15) is 0 Å². The Morgan fingerprint density at radius 1 is 1.05 bits per heavy atom. The highest BCUT2D eigenvalue weighted by Gasteiger charge is 2.05. The van der Waals surface area contributed by atoms with Crippen LogP contribution in [0.4, 0.5) is 0 Å². The van der Waals surface area contributed by atoms with Gasteiger partial charge in [-0.1, -0.05) is 30.3 Å². The molecule has 3 aromatic rings. The molecule has 0 radical (unpaired) electrons. The summed E-state index contributed by atoms with van der Waals surface area (Å²) in [6, 6.07) is 16.4. The van der Waals surface area contributed by atoms with Gasteiger partial charge in [-0.15, -0.1) is 0 Å². The topological polar surface area (TPSA) is 51.0 Å². The van der Waals surface area contributed by atoms with Gasteiger partial charge >= 0.3 is 0 Å². The number of fused-ring (bicyclic) bond motifs is 1. The molecule has 0 aliphatic carbocycles. The SMILES string of the molecule is NCCCc1c[nH]c2ccc(OCc3ccccc3)cc12. The van der Waals surface area contributed by atoms with Crippen molar-refractivity contribution >= 4 is 10.9 Å². The third kappa shape index (κ3) is 3.26. The minimum absolute atomic E-state index is 0.592. The fourth-order valence-corrected chi connectivity index (χ4v) is 2.49. The lowest BCUT2D eigenvalue weighted by Crippen LogP contribution is -1.99. The van der Waals surface area contributed by atoms with Crippen LogP contribution >= 0.6 is 0 Å². The predicted molar refractivity (Wildman–Crippen MR) is 86.4 cm³/mol. The Hall–Kier alpha value is -2.26. The number of rotatable bonds is 6. The van der Waals surface area contributed by atoms with Crippen LogP contribution in [0.15, 0.2) is 54.7 Å². The normalized spacial score (nSPS) is 10.9. The van der Waals surface area contributed by atoms with Gasteiger partial charge in [-0.25, -0.2) is 0 Å². The van der Waals surface area contributed by atoms with Gasteiger partial charge in [-0.3, -0.25) is 0 Å². The molecular formula is C18H20N2O. The summed E-state index contributed by atoms with van der Waals surface area (Å²) in [6.07, 6.45) is 4.07. The van der Waals surface area contributed by atoms with Crippen LogP contribution in [0.1, 0.15) is 17.5 Å². The average molecular weight is 280 g/mol. The molecule has 0 amide bonds. The lowest BCUT2D eigenvalue weighted by Gasteiger charge is -2.07. The number of benzene rings is 2. The van der Waals surface area contributed by atoms with Crippen LogP contribution in [0, 0.1) is 0 Å². The minimum Gasteiger partial charge on any atom is -0.489 e. The Bertz CT molecular complexity index is 704. The van der Waals surface area contributed by atoms with Crippen molar-refractivity contribution < 1.29 is 4.74 Å². The maximum Gasteiger partial charge on any atom is 0.120 e. The van der Waals surface area contributed by atoms with Gasteiger partial charge in [-0.2, -0.15) is 0 Å². The van der Waals surface area contributed by atoms with E-state index in [0.29, 0.717) is 6.61 Å². The van der Waals surface area contributed by atoms with Crippen molar-refractivity contribution in [2.45, 2.75) is 19.4 Å². The van der Waals surface area contributed by atoms with Crippen molar-refractivity contribution in [2.75, 3.05) is 6.54 Å². The van der Waals surface area contributed by atoms with Crippen LogP contribution in [0.2, 0.25) is 0 Å². The van der Waals surface area contributed by atoms with Crippen LogP contribution in [0.5, 0.6) is 5.75 Å². The first-order valence-electron chi connectivity index (χ1n) is 7.33. The summed E-state index contributed by atoms with van der Waals surface area (Å²) in [7, 11) is 0. The molecular weight excluding hydrogens is 260 g/mol. The van der Waals surface area contributed by atoms with E-state index in [-0.39, 0.29) is 0 Å². The first-order valence-corrected chi connectivity index (χ1v) is 7.33. The summed E-state index contributed by atoms with van der Waals surface area (Å²) >= 11 is 0. The molecule has 108 valence electrons. The van der Waals surface area contributed by atoms with Gasteiger partial charge < -0.3 is 15.5 Å². The van der Waals surface area contributed by atoms with E-state index in [1.807, 2.05) is 24.3 Å². The zero-order valence-electron chi connectivity index (χ0n) is 12.0. The maximum atomic E-state index is 5.89.